The van der Waals surface area contributed by atoms with E-state index in [1.54, 1.807) is 0 Å². The van der Waals surface area contributed by atoms with Gasteiger partial charge in [0.2, 0.25) is 10.0 Å². The Bertz CT molecular complexity index is 949. The summed E-state index contributed by atoms with van der Waals surface area (Å²) in [6, 6.07) is 5.61. The van der Waals surface area contributed by atoms with E-state index in [9.17, 15) is 18.0 Å². The van der Waals surface area contributed by atoms with Crippen LogP contribution in [0.1, 0.15) is 21.0 Å². The summed E-state index contributed by atoms with van der Waals surface area (Å²) in [5.74, 6) is -1.16. The van der Waals surface area contributed by atoms with E-state index in [4.69, 9.17) is 4.74 Å². The fourth-order valence-corrected chi connectivity index (χ4v) is 4.30. The van der Waals surface area contributed by atoms with Crippen molar-refractivity contribution in [3.8, 4) is 0 Å². The summed E-state index contributed by atoms with van der Waals surface area (Å²) in [7, 11) is -3.64. The summed E-state index contributed by atoms with van der Waals surface area (Å²) >= 11 is 0. The molecule has 10 heteroatoms. The van der Waals surface area contributed by atoms with Crippen LogP contribution in [0.3, 0.4) is 0 Å². The lowest BCUT2D eigenvalue weighted by molar-refractivity contribution is 0.0730. The first-order valence-corrected chi connectivity index (χ1v) is 9.32. The van der Waals surface area contributed by atoms with Crippen LogP contribution in [0.4, 0.5) is 5.69 Å². The quantitative estimate of drug-likeness (QED) is 0.711. The number of imide groups is 1. The van der Waals surface area contributed by atoms with Gasteiger partial charge in [0.25, 0.3) is 11.8 Å². The first kappa shape index (κ1) is 16.8. The first-order valence-electron chi connectivity index (χ1n) is 7.88. The Balaban J connectivity index is 1.63. The van der Waals surface area contributed by atoms with E-state index in [-0.39, 0.29) is 22.0 Å². The number of hydrogen-bond acceptors (Lipinski definition) is 7. The molecule has 4 rings (SSSR count). The van der Waals surface area contributed by atoms with E-state index < -0.39 is 21.8 Å². The number of hydrogen-bond donors (Lipinski definition) is 0. The van der Waals surface area contributed by atoms with Crippen LogP contribution in [0.2, 0.25) is 0 Å². The molecule has 2 amide bonds. The van der Waals surface area contributed by atoms with Gasteiger partial charge in [-0.25, -0.2) is 23.3 Å². The summed E-state index contributed by atoms with van der Waals surface area (Å²) in [5.41, 5.74) is 0.241. The van der Waals surface area contributed by atoms with Gasteiger partial charge in [0, 0.05) is 25.5 Å². The van der Waals surface area contributed by atoms with Gasteiger partial charge >= 0.3 is 0 Å². The van der Waals surface area contributed by atoms with Crippen molar-refractivity contribution >= 4 is 27.5 Å². The maximum absolute atomic E-state index is 12.6. The molecule has 1 aromatic carbocycles. The summed E-state index contributed by atoms with van der Waals surface area (Å²) in [4.78, 5) is 33.6. The number of ether oxygens (including phenoxy) is 1. The van der Waals surface area contributed by atoms with Gasteiger partial charge in [-0.05, 0) is 24.3 Å². The van der Waals surface area contributed by atoms with E-state index in [1.807, 2.05) is 0 Å². The predicted molar refractivity (Wildman–Crippen MR) is 89.2 cm³/mol. The third kappa shape index (κ3) is 2.59. The van der Waals surface area contributed by atoms with Gasteiger partial charge in [0.15, 0.2) is 11.4 Å². The van der Waals surface area contributed by atoms with Crippen LogP contribution in [0.15, 0.2) is 41.6 Å². The maximum atomic E-state index is 12.6. The van der Waals surface area contributed by atoms with Crippen molar-refractivity contribution in [2.75, 3.05) is 31.2 Å². The molecule has 3 heterocycles. The van der Waals surface area contributed by atoms with Crippen LogP contribution >= 0.6 is 0 Å². The number of nitrogens with zero attached hydrogens (tertiary/aromatic N) is 4. The van der Waals surface area contributed by atoms with Crippen molar-refractivity contribution in [1.29, 1.82) is 0 Å². The number of carbonyl (C=O) groups excluding carboxylic acids is 2. The molecular formula is C16H14N4O5S. The van der Waals surface area contributed by atoms with Gasteiger partial charge in [-0.2, -0.15) is 4.31 Å². The highest BCUT2D eigenvalue weighted by Gasteiger charge is 2.39. The molecule has 2 aliphatic heterocycles. The van der Waals surface area contributed by atoms with Crippen LogP contribution in [0.25, 0.3) is 0 Å². The molecule has 0 spiro atoms. The molecule has 9 nitrogen and oxygen atoms in total. The number of morpholine rings is 1. The van der Waals surface area contributed by atoms with E-state index in [2.05, 4.69) is 9.97 Å². The van der Waals surface area contributed by atoms with Gasteiger partial charge in [-0.1, -0.05) is 0 Å². The Kier molecular flexibility index (Phi) is 4.02. The van der Waals surface area contributed by atoms with Crippen molar-refractivity contribution in [3.05, 3.63) is 48.0 Å². The highest BCUT2D eigenvalue weighted by atomic mass is 32.2. The maximum Gasteiger partial charge on any atom is 0.286 e. The Labute approximate surface area is 149 Å². The molecule has 26 heavy (non-hydrogen) atoms. The van der Waals surface area contributed by atoms with Crippen LogP contribution < -0.4 is 4.90 Å². The molecular weight excluding hydrogens is 360 g/mol. The Hall–Kier alpha value is -2.69. The fourth-order valence-electron chi connectivity index (χ4n) is 2.89. The minimum Gasteiger partial charge on any atom is -0.379 e. The van der Waals surface area contributed by atoms with E-state index >= 15 is 0 Å². The fraction of sp³-hybridized carbons (Fsp3) is 0.250. The number of sulfonamides is 1. The van der Waals surface area contributed by atoms with Crippen LogP contribution in [-0.2, 0) is 14.8 Å². The largest absolute Gasteiger partial charge is 0.379 e. The molecule has 134 valence electrons. The monoisotopic (exact) mass is 374 g/mol. The van der Waals surface area contributed by atoms with Crippen molar-refractivity contribution in [2.45, 2.75) is 4.90 Å². The SMILES string of the molecule is O=C1c2nccnc2C(=O)N1c1ccc(S(=O)(=O)N2CCOCC2)cc1. The van der Waals surface area contributed by atoms with Crippen LogP contribution in [0, 0.1) is 0 Å². The summed E-state index contributed by atoms with van der Waals surface area (Å²) in [6.07, 6.45) is 2.68. The number of amides is 2. The van der Waals surface area contributed by atoms with Crippen molar-refractivity contribution < 1.29 is 22.7 Å². The number of benzene rings is 1. The molecule has 2 aromatic rings. The lowest BCUT2D eigenvalue weighted by atomic mass is 10.3. The average Bonchev–Trinajstić information content (AvgIpc) is 2.94. The molecule has 1 aromatic heterocycles. The zero-order valence-electron chi connectivity index (χ0n) is 13.5. The highest BCUT2D eigenvalue weighted by Crippen LogP contribution is 2.27. The standard InChI is InChI=1S/C16H14N4O5S/c21-15-13-14(18-6-5-17-13)16(22)20(15)11-1-3-12(4-2-11)26(23,24)19-7-9-25-10-8-19/h1-6H,7-10H2. The topological polar surface area (TPSA) is 110 Å². The smallest absolute Gasteiger partial charge is 0.286 e. The molecule has 0 aliphatic carbocycles. The minimum absolute atomic E-state index is 0.0116. The molecule has 1 saturated heterocycles. The average molecular weight is 374 g/mol. The molecule has 0 saturated carbocycles. The zero-order valence-corrected chi connectivity index (χ0v) is 14.3. The lowest BCUT2D eigenvalue weighted by Crippen LogP contribution is -2.40. The van der Waals surface area contributed by atoms with Gasteiger partial charge in [0.05, 0.1) is 23.8 Å². The first-order chi connectivity index (χ1) is 12.5. The number of rotatable bonds is 3. The second-order valence-corrected chi connectivity index (χ2v) is 7.65. The van der Waals surface area contributed by atoms with Gasteiger partial charge in [0.1, 0.15) is 0 Å². The molecule has 0 bridgehead atoms. The second-order valence-electron chi connectivity index (χ2n) is 5.71. The number of fused-ring (bicyclic) bond motifs is 1. The zero-order chi connectivity index (χ0) is 18.3. The predicted octanol–water partition coefficient (Wildman–Crippen LogP) is 0.298. The van der Waals surface area contributed by atoms with Gasteiger partial charge in [-0.3, -0.25) is 9.59 Å². The normalized spacial score (nSPS) is 18.2. The second kappa shape index (κ2) is 6.24. The number of anilines is 1. The molecule has 0 radical (unpaired) electrons. The highest BCUT2D eigenvalue weighted by molar-refractivity contribution is 7.89. The third-order valence-corrected chi connectivity index (χ3v) is 6.13. The third-order valence-electron chi connectivity index (χ3n) is 4.21. The van der Waals surface area contributed by atoms with Crippen molar-refractivity contribution in [3.63, 3.8) is 0 Å². The van der Waals surface area contributed by atoms with Crippen LogP contribution in [-0.4, -0.2) is 60.8 Å². The number of aromatic nitrogens is 2. The van der Waals surface area contributed by atoms with E-state index in [0.29, 0.717) is 26.3 Å². The minimum atomic E-state index is -3.64. The van der Waals surface area contributed by atoms with E-state index in [0.717, 1.165) is 4.90 Å². The number of carbonyl (C=O) groups is 2. The van der Waals surface area contributed by atoms with Crippen LogP contribution in [0.5, 0.6) is 0 Å². The summed E-state index contributed by atoms with van der Waals surface area (Å²) < 4.78 is 31.8. The van der Waals surface area contributed by atoms with Crippen molar-refractivity contribution in [2.24, 2.45) is 0 Å². The van der Waals surface area contributed by atoms with Gasteiger partial charge in [-0.15, -0.1) is 0 Å². The van der Waals surface area contributed by atoms with E-state index in [1.165, 1.54) is 41.0 Å². The van der Waals surface area contributed by atoms with Gasteiger partial charge < -0.3 is 4.74 Å². The molecule has 1 fully saturated rings. The Morgan fingerprint density at radius 3 is 1.96 bits per heavy atom. The molecule has 0 unspecified atom stereocenters. The lowest BCUT2D eigenvalue weighted by Gasteiger charge is -2.26. The molecule has 2 aliphatic rings. The van der Waals surface area contributed by atoms with Crippen molar-refractivity contribution in [1.82, 2.24) is 14.3 Å². The summed E-state index contributed by atoms with van der Waals surface area (Å²) in [5, 5.41) is 0. The Morgan fingerprint density at radius 1 is 0.885 bits per heavy atom. The Morgan fingerprint density at radius 2 is 1.42 bits per heavy atom. The molecule has 0 N–H and O–H groups in total. The summed E-state index contributed by atoms with van der Waals surface area (Å²) in [6.45, 7) is 1.29. The molecule has 0 atom stereocenters.